The molecule has 0 atom stereocenters. The number of aliphatic hydroxyl groups is 1. The zero-order valence-electron chi connectivity index (χ0n) is 13.2. The Morgan fingerprint density at radius 1 is 1.29 bits per heavy atom. The zero-order chi connectivity index (χ0) is 15.7. The molecule has 1 aromatic heterocycles. The Bertz CT molecular complexity index is 418. The molecular formula is C15H26N4O2. The fraction of sp³-hybridized carbons (Fsp3) is 0.667. The lowest BCUT2D eigenvalue weighted by atomic mass is 10.1. The SMILES string of the molecule is CCCNc1cnc(C(=O)N(CCO)C(CC)CC)cn1. The van der Waals surface area contributed by atoms with Crippen molar-refractivity contribution in [2.45, 2.75) is 46.1 Å². The van der Waals surface area contributed by atoms with Gasteiger partial charge in [-0.2, -0.15) is 0 Å². The molecule has 2 N–H and O–H groups in total. The van der Waals surface area contributed by atoms with Crippen LogP contribution in [0.1, 0.15) is 50.5 Å². The minimum atomic E-state index is -0.174. The largest absolute Gasteiger partial charge is 0.395 e. The fourth-order valence-electron chi connectivity index (χ4n) is 2.22. The van der Waals surface area contributed by atoms with E-state index in [1.165, 1.54) is 6.20 Å². The first-order chi connectivity index (χ1) is 10.2. The first-order valence-electron chi connectivity index (χ1n) is 7.65. The second-order valence-electron chi connectivity index (χ2n) is 4.91. The molecule has 0 aromatic carbocycles. The average molecular weight is 294 g/mol. The Morgan fingerprint density at radius 3 is 2.48 bits per heavy atom. The van der Waals surface area contributed by atoms with E-state index in [-0.39, 0.29) is 18.6 Å². The molecule has 0 saturated carbocycles. The zero-order valence-corrected chi connectivity index (χ0v) is 13.2. The van der Waals surface area contributed by atoms with Crippen LogP contribution in [0.2, 0.25) is 0 Å². The number of aliphatic hydroxyl groups excluding tert-OH is 1. The molecule has 21 heavy (non-hydrogen) atoms. The highest BCUT2D eigenvalue weighted by Gasteiger charge is 2.23. The summed E-state index contributed by atoms with van der Waals surface area (Å²) in [5, 5.41) is 12.3. The molecule has 6 nitrogen and oxygen atoms in total. The number of carbonyl (C=O) groups excluding carboxylic acids is 1. The van der Waals surface area contributed by atoms with Crippen molar-refractivity contribution in [3.05, 3.63) is 18.1 Å². The van der Waals surface area contributed by atoms with Gasteiger partial charge in [0.15, 0.2) is 0 Å². The average Bonchev–Trinajstić information content (AvgIpc) is 2.53. The first kappa shape index (κ1) is 17.4. The molecule has 0 aliphatic carbocycles. The molecule has 0 aliphatic rings. The summed E-state index contributed by atoms with van der Waals surface area (Å²) in [6.07, 6.45) is 5.78. The summed E-state index contributed by atoms with van der Waals surface area (Å²) in [5.74, 6) is 0.497. The third kappa shape index (κ3) is 4.97. The lowest BCUT2D eigenvalue weighted by molar-refractivity contribution is 0.0616. The number of aromatic nitrogens is 2. The minimum absolute atomic E-state index is 0.0498. The monoisotopic (exact) mass is 294 g/mol. The summed E-state index contributed by atoms with van der Waals surface area (Å²) < 4.78 is 0. The van der Waals surface area contributed by atoms with Gasteiger partial charge in [0.1, 0.15) is 11.5 Å². The highest BCUT2D eigenvalue weighted by atomic mass is 16.3. The van der Waals surface area contributed by atoms with Gasteiger partial charge in [-0.3, -0.25) is 4.79 Å². The number of anilines is 1. The van der Waals surface area contributed by atoms with Gasteiger partial charge in [0, 0.05) is 19.1 Å². The van der Waals surface area contributed by atoms with E-state index in [9.17, 15) is 9.90 Å². The predicted octanol–water partition coefficient (Wildman–Crippen LogP) is 1.92. The lowest BCUT2D eigenvalue weighted by Crippen LogP contribution is -2.42. The number of nitrogens with zero attached hydrogens (tertiary/aromatic N) is 3. The molecule has 0 bridgehead atoms. The number of carbonyl (C=O) groups is 1. The van der Waals surface area contributed by atoms with E-state index < -0.39 is 0 Å². The van der Waals surface area contributed by atoms with Gasteiger partial charge in [-0.1, -0.05) is 20.8 Å². The predicted molar refractivity (Wildman–Crippen MR) is 83.3 cm³/mol. The van der Waals surface area contributed by atoms with Gasteiger partial charge >= 0.3 is 0 Å². The lowest BCUT2D eigenvalue weighted by Gasteiger charge is -2.29. The Morgan fingerprint density at radius 2 is 2.00 bits per heavy atom. The number of nitrogens with one attached hydrogen (secondary N) is 1. The van der Waals surface area contributed by atoms with Gasteiger partial charge in [-0.15, -0.1) is 0 Å². The van der Waals surface area contributed by atoms with Crippen LogP contribution in [0.4, 0.5) is 5.82 Å². The molecular weight excluding hydrogens is 268 g/mol. The molecule has 0 radical (unpaired) electrons. The van der Waals surface area contributed by atoms with Crippen LogP contribution in [0.3, 0.4) is 0 Å². The summed E-state index contributed by atoms with van der Waals surface area (Å²) in [6.45, 7) is 7.24. The maximum Gasteiger partial charge on any atom is 0.274 e. The summed E-state index contributed by atoms with van der Waals surface area (Å²) in [5.41, 5.74) is 0.317. The fourth-order valence-corrected chi connectivity index (χ4v) is 2.22. The third-order valence-electron chi connectivity index (χ3n) is 3.41. The van der Waals surface area contributed by atoms with Crippen LogP contribution >= 0.6 is 0 Å². The van der Waals surface area contributed by atoms with Gasteiger partial charge in [0.2, 0.25) is 0 Å². The highest BCUT2D eigenvalue weighted by Crippen LogP contribution is 2.12. The van der Waals surface area contributed by atoms with Crippen LogP contribution in [0.25, 0.3) is 0 Å². The van der Waals surface area contributed by atoms with Crippen molar-refractivity contribution < 1.29 is 9.90 Å². The van der Waals surface area contributed by atoms with Crippen molar-refractivity contribution in [1.29, 1.82) is 0 Å². The number of rotatable bonds is 9. The van der Waals surface area contributed by atoms with E-state index in [0.29, 0.717) is 18.1 Å². The van der Waals surface area contributed by atoms with Crippen LogP contribution in [0.15, 0.2) is 12.4 Å². The maximum absolute atomic E-state index is 12.5. The van der Waals surface area contributed by atoms with Gasteiger partial charge in [-0.25, -0.2) is 9.97 Å². The van der Waals surface area contributed by atoms with Crippen LogP contribution in [0, 0.1) is 0 Å². The van der Waals surface area contributed by atoms with Crippen molar-refractivity contribution in [3.63, 3.8) is 0 Å². The molecule has 1 amide bonds. The normalized spacial score (nSPS) is 10.7. The van der Waals surface area contributed by atoms with Crippen molar-refractivity contribution in [3.8, 4) is 0 Å². The standard InChI is InChI=1S/C15H26N4O2/c1-4-7-16-14-11-17-13(10-18-14)15(21)19(8-9-20)12(5-2)6-3/h10-12,20H,4-9H2,1-3H3,(H,16,18). The summed E-state index contributed by atoms with van der Waals surface area (Å²) in [6, 6.07) is 0.115. The van der Waals surface area contributed by atoms with Crippen LogP contribution in [-0.2, 0) is 0 Å². The molecule has 1 aromatic rings. The maximum atomic E-state index is 12.5. The van der Waals surface area contributed by atoms with Gasteiger partial charge < -0.3 is 15.3 Å². The van der Waals surface area contributed by atoms with Gasteiger partial charge in [-0.05, 0) is 19.3 Å². The number of hydrogen-bond acceptors (Lipinski definition) is 5. The Labute approximate surface area is 126 Å². The van der Waals surface area contributed by atoms with E-state index in [1.54, 1.807) is 11.1 Å². The first-order valence-corrected chi connectivity index (χ1v) is 7.65. The molecule has 1 rings (SSSR count). The van der Waals surface area contributed by atoms with Gasteiger partial charge in [0.05, 0.1) is 19.0 Å². The van der Waals surface area contributed by atoms with E-state index in [2.05, 4.69) is 22.2 Å². The van der Waals surface area contributed by atoms with Crippen molar-refractivity contribution in [1.82, 2.24) is 14.9 Å². The summed E-state index contributed by atoms with van der Waals surface area (Å²) in [7, 11) is 0. The van der Waals surface area contributed by atoms with Crippen molar-refractivity contribution in [2.24, 2.45) is 0 Å². The molecule has 118 valence electrons. The molecule has 6 heteroatoms. The smallest absolute Gasteiger partial charge is 0.274 e. The Hall–Kier alpha value is -1.69. The summed E-state index contributed by atoms with van der Waals surface area (Å²) >= 11 is 0. The van der Waals surface area contributed by atoms with Crippen molar-refractivity contribution >= 4 is 11.7 Å². The molecule has 0 aliphatic heterocycles. The van der Waals surface area contributed by atoms with Crippen LogP contribution < -0.4 is 5.32 Å². The Kier molecular flexibility index (Phi) is 7.68. The Balaban J connectivity index is 2.83. The topological polar surface area (TPSA) is 78.4 Å². The van der Waals surface area contributed by atoms with Crippen LogP contribution in [-0.4, -0.2) is 51.6 Å². The van der Waals surface area contributed by atoms with Gasteiger partial charge in [0.25, 0.3) is 5.91 Å². The third-order valence-corrected chi connectivity index (χ3v) is 3.41. The number of hydrogen-bond donors (Lipinski definition) is 2. The number of amides is 1. The van der Waals surface area contributed by atoms with E-state index in [0.717, 1.165) is 25.8 Å². The molecule has 1 heterocycles. The molecule has 0 fully saturated rings. The summed E-state index contributed by atoms with van der Waals surface area (Å²) in [4.78, 5) is 22.6. The van der Waals surface area contributed by atoms with E-state index in [1.807, 2.05) is 13.8 Å². The highest BCUT2D eigenvalue weighted by molar-refractivity contribution is 5.92. The molecule has 0 spiro atoms. The van der Waals surface area contributed by atoms with E-state index in [4.69, 9.17) is 0 Å². The molecule has 0 saturated heterocycles. The van der Waals surface area contributed by atoms with Crippen molar-refractivity contribution in [2.75, 3.05) is 25.0 Å². The van der Waals surface area contributed by atoms with Crippen LogP contribution in [0.5, 0.6) is 0 Å². The minimum Gasteiger partial charge on any atom is -0.395 e. The second kappa shape index (κ2) is 9.28. The molecule has 0 unspecified atom stereocenters. The quantitative estimate of drug-likeness (QED) is 0.727. The van der Waals surface area contributed by atoms with E-state index >= 15 is 0 Å². The second-order valence-corrected chi connectivity index (χ2v) is 4.91.